The third kappa shape index (κ3) is 2.47. The molecule has 1 aromatic carbocycles. The van der Waals surface area contributed by atoms with Crippen molar-refractivity contribution in [1.29, 1.82) is 0 Å². The Balaban J connectivity index is 1.64. The molecule has 0 saturated carbocycles. The molecule has 0 bridgehead atoms. The van der Waals surface area contributed by atoms with Crippen molar-refractivity contribution in [2.24, 2.45) is 0 Å². The van der Waals surface area contributed by atoms with E-state index in [2.05, 4.69) is 39.6 Å². The first kappa shape index (κ1) is 12.6. The number of carbonyl (C=O) groups is 1. The van der Waals surface area contributed by atoms with Crippen LogP contribution in [0.4, 0.5) is 5.82 Å². The summed E-state index contributed by atoms with van der Waals surface area (Å²) >= 11 is 0. The zero-order chi connectivity index (χ0) is 13.9. The minimum absolute atomic E-state index is 0.0400. The fourth-order valence-corrected chi connectivity index (χ4v) is 2.61. The number of nitrogens with zero attached hydrogens (tertiary/aromatic N) is 2. The number of benzene rings is 1. The number of nitrogens with one attached hydrogen (secondary N) is 1. The third-order valence-electron chi connectivity index (χ3n) is 3.66. The van der Waals surface area contributed by atoms with Gasteiger partial charge in [0.1, 0.15) is 5.82 Å². The van der Waals surface area contributed by atoms with Gasteiger partial charge in [-0.15, -0.1) is 0 Å². The topological polar surface area (TPSA) is 75.1 Å². The van der Waals surface area contributed by atoms with Gasteiger partial charge in [-0.1, -0.05) is 24.3 Å². The number of fused-ring (bicyclic) bond motifs is 1. The lowest BCUT2D eigenvalue weighted by Crippen LogP contribution is -2.12. The summed E-state index contributed by atoms with van der Waals surface area (Å²) in [7, 11) is 0. The molecule has 1 aliphatic rings. The van der Waals surface area contributed by atoms with E-state index in [0.717, 1.165) is 19.4 Å². The molecule has 1 aromatic heterocycles. The van der Waals surface area contributed by atoms with Crippen LogP contribution in [0.5, 0.6) is 0 Å². The van der Waals surface area contributed by atoms with E-state index in [1.165, 1.54) is 23.5 Å². The molecule has 5 heteroatoms. The van der Waals surface area contributed by atoms with Gasteiger partial charge in [0.2, 0.25) is 0 Å². The van der Waals surface area contributed by atoms with Crippen molar-refractivity contribution in [2.75, 3.05) is 11.9 Å². The number of carboxylic acid groups (broad SMARTS) is 1. The smallest absolute Gasteiger partial charge is 0.356 e. The summed E-state index contributed by atoms with van der Waals surface area (Å²) in [5.41, 5.74) is 2.78. The number of aromatic carboxylic acids is 1. The molecule has 3 rings (SSSR count). The second-order valence-electron chi connectivity index (χ2n) is 4.91. The molecular weight excluding hydrogens is 254 g/mol. The number of hydrogen-bond acceptors (Lipinski definition) is 4. The largest absolute Gasteiger partial charge is 0.476 e. The maximum Gasteiger partial charge on any atom is 0.356 e. The highest BCUT2D eigenvalue weighted by molar-refractivity contribution is 5.84. The lowest BCUT2D eigenvalue weighted by atomic mass is 10.0. The molecule has 5 nitrogen and oxygen atoms in total. The van der Waals surface area contributed by atoms with E-state index in [1.807, 2.05) is 0 Å². The minimum atomic E-state index is -1.06. The first-order valence-corrected chi connectivity index (χ1v) is 6.61. The Bertz CT molecular complexity index is 625. The van der Waals surface area contributed by atoms with Crippen molar-refractivity contribution in [1.82, 2.24) is 9.97 Å². The van der Waals surface area contributed by atoms with E-state index >= 15 is 0 Å². The predicted octanol–water partition coefficient (Wildman–Crippen LogP) is 2.32. The SMILES string of the molecule is O=C(O)c1cnc(NCC2CCc3ccccc32)cn1. The normalized spacial score (nSPS) is 16.7. The van der Waals surface area contributed by atoms with E-state index in [9.17, 15) is 4.79 Å². The van der Waals surface area contributed by atoms with Crippen LogP contribution in [-0.2, 0) is 6.42 Å². The average molecular weight is 269 g/mol. The molecule has 2 aromatic rings. The van der Waals surface area contributed by atoms with Gasteiger partial charge in [-0.05, 0) is 24.0 Å². The fourth-order valence-electron chi connectivity index (χ4n) is 2.61. The zero-order valence-electron chi connectivity index (χ0n) is 10.9. The summed E-state index contributed by atoms with van der Waals surface area (Å²) in [5.74, 6) is 0.0281. The summed E-state index contributed by atoms with van der Waals surface area (Å²) in [6.07, 6.45) is 4.98. The van der Waals surface area contributed by atoms with Gasteiger partial charge in [-0.2, -0.15) is 0 Å². The number of aromatic nitrogens is 2. The van der Waals surface area contributed by atoms with Gasteiger partial charge in [0, 0.05) is 12.5 Å². The predicted molar refractivity (Wildman–Crippen MR) is 75.0 cm³/mol. The Kier molecular flexibility index (Phi) is 3.33. The van der Waals surface area contributed by atoms with Crippen molar-refractivity contribution in [3.63, 3.8) is 0 Å². The first-order valence-electron chi connectivity index (χ1n) is 6.61. The van der Waals surface area contributed by atoms with Gasteiger partial charge in [-0.25, -0.2) is 14.8 Å². The van der Waals surface area contributed by atoms with Crippen LogP contribution in [-0.4, -0.2) is 27.6 Å². The highest BCUT2D eigenvalue weighted by atomic mass is 16.4. The third-order valence-corrected chi connectivity index (χ3v) is 3.66. The quantitative estimate of drug-likeness (QED) is 0.891. The molecule has 1 unspecified atom stereocenters. The highest BCUT2D eigenvalue weighted by Gasteiger charge is 2.21. The molecule has 20 heavy (non-hydrogen) atoms. The second kappa shape index (κ2) is 5.28. The molecule has 0 spiro atoms. The van der Waals surface area contributed by atoms with E-state index in [4.69, 9.17) is 5.11 Å². The molecule has 2 N–H and O–H groups in total. The van der Waals surface area contributed by atoms with Gasteiger partial charge in [-0.3, -0.25) is 0 Å². The number of anilines is 1. The zero-order valence-corrected chi connectivity index (χ0v) is 10.9. The molecule has 102 valence electrons. The first-order chi connectivity index (χ1) is 9.74. The van der Waals surface area contributed by atoms with Crippen LogP contribution in [0.25, 0.3) is 0 Å². The minimum Gasteiger partial charge on any atom is -0.476 e. The summed E-state index contributed by atoms with van der Waals surface area (Å²) in [6, 6.07) is 8.49. The van der Waals surface area contributed by atoms with Crippen molar-refractivity contribution in [2.45, 2.75) is 18.8 Å². The molecule has 1 heterocycles. The van der Waals surface area contributed by atoms with Crippen molar-refractivity contribution in [3.05, 3.63) is 53.5 Å². The van der Waals surface area contributed by atoms with Crippen molar-refractivity contribution in [3.8, 4) is 0 Å². The summed E-state index contributed by atoms with van der Waals surface area (Å²) in [5, 5.41) is 12.0. The van der Waals surface area contributed by atoms with Crippen LogP contribution in [0.3, 0.4) is 0 Å². The maximum atomic E-state index is 10.7. The van der Waals surface area contributed by atoms with E-state index in [-0.39, 0.29) is 5.69 Å². The van der Waals surface area contributed by atoms with E-state index in [1.54, 1.807) is 0 Å². The number of aryl methyl sites for hydroxylation is 1. The maximum absolute atomic E-state index is 10.7. The molecule has 1 atom stereocenters. The average Bonchev–Trinajstić information content (AvgIpc) is 2.89. The Morgan fingerprint density at radius 2 is 2.15 bits per heavy atom. The molecule has 0 fully saturated rings. The lowest BCUT2D eigenvalue weighted by Gasteiger charge is -2.13. The Labute approximate surface area is 116 Å². The van der Waals surface area contributed by atoms with Crippen LogP contribution in [0.15, 0.2) is 36.7 Å². The fraction of sp³-hybridized carbons (Fsp3) is 0.267. The molecule has 0 amide bonds. The summed E-state index contributed by atoms with van der Waals surface area (Å²) in [4.78, 5) is 18.6. The molecule has 0 aliphatic heterocycles. The Morgan fingerprint density at radius 3 is 2.90 bits per heavy atom. The van der Waals surface area contributed by atoms with Crippen molar-refractivity contribution < 1.29 is 9.90 Å². The van der Waals surface area contributed by atoms with Crippen LogP contribution < -0.4 is 5.32 Å². The number of rotatable bonds is 4. The summed E-state index contributed by atoms with van der Waals surface area (Å²) < 4.78 is 0. The van der Waals surface area contributed by atoms with Gasteiger partial charge in [0.05, 0.1) is 12.4 Å². The number of hydrogen-bond donors (Lipinski definition) is 2. The standard InChI is InChI=1S/C15H15N3O2/c19-15(20)13-8-18-14(9-16-13)17-7-11-6-5-10-3-1-2-4-12(10)11/h1-4,8-9,11H,5-7H2,(H,17,18)(H,19,20). The van der Waals surface area contributed by atoms with Gasteiger partial charge in [0.25, 0.3) is 0 Å². The van der Waals surface area contributed by atoms with Gasteiger partial charge >= 0.3 is 5.97 Å². The Hall–Kier alpha value is -2.43. The molecule has 1 aliphatic carbocycles. The number of carboxylic acids is 1. The lowest BCUT2D eigenvalue weighted by molar-refractivity contribution is 0.0690. The molecular formula is C15H15N3O2. The van der Waals surface area contributed by atoms with E-state index < -0.39 is 5.97 Å². The molecule has 0 radical (unpaired) electrons. The second-order valence-corrected chi connectivity index (χ2v) is 4.91. The van der Waals surface area contributed by atoms with Crippen LogP contribution >= 0.6 is 0 Å². The van der Waals surface area contributed by atoms with Gasteiger partial charge < -0.3 is 10.4 Å². The highest BCUT2D eigenvalue weighted by Crippen LogP contribution is 2.32. The molecule has 0 saturated heterocycles. The van der Waals surface area contributed by atoms with Crippen molar-refractivity contribution >= 4 is 11.8 Å². The summed E-state index contributed by atoms with van der Waals surface area (Å²) in [6.45, 7) is 0.790. The van der Waals surface area contributed by atoms with Crippen LogP contribution in [0.2, 0.25) is 0 Å². The van der Waals surface area contributed by atoms with Gasteiger partial charge in [0.15, 0.2) is 5.69 Å². The Morgan fingerprint density at radius 1 is 1.30 bits per heavy atom. The van der Waals surface area contributed by atoms with Crippen LogP contribution in [0, 0.1) is 0 Å². The van der Waals surface area contributed by atoms with Crippen LogP contribution in [0.1, 0.15) is 34.0 Å². The van der Waals surface area contributed by atoms with E-state index in [0.29, 0.717) is 11.7 Å². The monoisotopic (exact) mass is 269 g/mol.